The molecule has 1 aromatic heterocycles. The summed E-state index contributed by atoms with van der Waals surface area (Å²) in [5.74, 6) is 0. The predicted octanol–water partition coefficient (Wildman–Crippen LogP) is 17.2. The van der Waals surface area contributed by atoms with Gasteiger partial charge in [0.25, 0.3) is 0 Å². The van der Waals surface area contributed by atoms with Crippen LogP contribution >= 0.6 is 0 Å². The number of nitrogens with zero attached hydrogens (tertiary/aromatic N) is 2. The molecule has 0 saturated carbocycles. The van der Waals surface area contributed by atoms with Crippen LogP contribution in [0.1, 0.15) is 29.5 Å². The lowest BCUT2D eigenvalue weighted by molar-refractivity contribution is 0.678. The second-order valence-corrected chi connectivity index (χ2v) is 18.0. The first-order chi connectivity index (χ1) is 33.7. The first-order valence-electron chi connectivity index (χ1n) is 23.8. The van der Waals surface area contributed by atoms with Crippen molar-refractivity contribution in [1.29, 1.82) is 0 Å². The van der Waals surface area contributed by atoms with Crippen molar-refractivity contribution in [3.63, 3.8) is 0 Å². The molecule has 68 heavy (non-hydrogen) atoms. The van der Waals surface area contributed by atoms with Gasteiger partial charge >= 0.3 is 0 Å². The van der Waals surface area contributed by atoms with Gasteiger partial charge in [0, 0.05) is 33.4 Å². The van der Waals surface area contributed by atoms with Gasteiger partial charge in [-0.25, -0.2) is 0 Å². The van der Waals surface area contributed by atoms with E-state index >= 15 is 0 Å². The number of para-hydroxylation sites is 3. The number of allylic oxidation sites excluding steroid dienone is 8. The summed E-state index contributed by atoms with van der Waals surface area (Å²) < 4.78 is 2.42. The molecule has 0 radical (unpaired) electrons. The van der Waals surface area contributed by atoms with E-state index in [0.717, 1.165) is 53.1 Å². The summed E-state index contributed by atoms with van der Waals surface area (Å²) >= 11 is 0. The van der Waals surface area contributed by atoms with Gasteiger partial charge in [-0.1, -0.05) is 206 Å². The van der Waals surface area contributed by atoms with E-state index < -0.39 is 5.41 Å². The molecule has 2 nitrogen and oxygen atoms in total. The standard InChI is InChI=1S/C66H50N2/c1-2-20-57(46-55-44-52-23-11-15-33-62(52)66(55,53-25-5-3-6-26-53)54-27-7-4-8-28-54)67(58-29-19-24-50(45-58)51-38-37-47-21-9-10-22-49(47)43-51)56-41-39-48(40-42-56)59-30-12-16-34-63(59)68-64-35-17-13-31-60(64)61-32-14-18-36-65(61)68/h2-7,9-27,29-43,45-46H,1,8,28,44H2/b55-46+,57-20+. The zero-order valence-corrected chi connectivity index (χ0v) is 38.0. The molecule has 2 aliphatic carbocycles. The predicted molar refractivity (Wildman–Crippen MR) is 288 cm³/mol. The van der Waals surface area contributed by atoms with Crippen LogP contribution in [0.25, 0.3) is 60.5 Å². The molecule has 1 atom stereocenters. The Morgan fingerprint density at radius 2 is 1.24 bits per heavy atom. The Morgan fingerprint density at radius 1 is 0.559 bits per heavy atom. The van der Waals surface area contributed by atoms with E-state index in [2.05, 4.69) is 265 Å². The van der Waals surface area contributed by atoms with Crippen LogP contribution in [0.3, 0.4) is 0 Å². The molecule has 1 unspecified atom stereocenters. The van der Waals surface area contributed by atoms with Crippen LogP contribution in [0.4, 0.5) is 11.4 Å². The van der Waals surface area contributed by atoms with E-state index in [9.17, 15) is 0 Å². The first kappa shape index (κ1) is 41.0. The Kier molecular flexibility index (Phi) is 10.5. The third-order valence-electron chi connectivity index (χ3n) is 14.2. The molecular weight excluding hydrogens is 821 g/mol. The Hall–Kier alpha value is -8.46. The van der Waals surface area contributed by atoms with Crippen LogP contribution in [-0.2, 0) is 11.8 Å². The van der Waals surface area contributed by atoms with Crippen LogP contribution in [0.2, 0.25) is 0 Å². The van der Waals surface area contributed by atoms with E-state index in [4.69, 9.17) is 0 Å². The van der Waals surface area contributed by atoms with Crippen molar-refractivity contribution in [2.45, 2.75) is 24.7 Å². The molecule has 1 heterocycles. The highest BCUT2D eigenvalue weighted by Crippen LogP contribution is 2.55. The maximum absolute atomic E-state index is 4.34. The summed E-state index contributed by atoms with van der Waals surface area (Å²) in [5.41, 5.74) is 17.8. The maximum Gasteiger partial charge on any atom is 0.0634 e. The van der Waals surface area contributed by atoms with Gasteiger partial charge < -0.3 is 9.47 Å². The molecule has 0 amide bonds. The van der Waals surface area contributed by atoms with Gasteiger partial charge in [0.2, 0.25) is 0 Å². The molecule has 2 heteroatoms. The van der Waals surface area contributed by atoms with Crippen molar-refractivity contribution < 1.29 is 0 Å². The second kappa shape index (κ2) is 17.4. The average Bonchev–Trinajstić information content (AvgIpc) is 3.92. The fourth-order valence-electron chi connectivity index (χ4n) is 11.2. The van der Waals surface area contributed by atoms with Crippen LogP contribution < -0.4 is 4.90 Å². The van der Waals surface area contributed by atoms with Gasteiger partial charge in [-0.05, 0) is 130 Å². The minimum atomic E-state index is -0.429. The molecule has 0 N–H and O–H groups in total. The Bertz CT molecular complexity index is 3620. The van der Waals surface area contributed by atoms with Crippen LogP contribution in [0, 0.1) is 0 Å². The van der Waals surface area contributed by atoms with Gasteiger partial charge in [0.1, 0.15) is 0 Å². The molecule has 0 bridgehead atoms. The van der Waals surface area contributed by atoms with Crippen LogP contribution in [-0.4, -0.2) is 4.57 Å². The number of fused-ring (bicyclic) bond motifs is 5. The molecule has 0 saturated heterocycles. The SMILES string of the molecule is C=C/C=C(\C=C1/Cc2ccccc2C1(C1=CC=CCC1)c1ccccc1)N(c1ccc(-c2ccccc2-n2c3ccccc3c3ccccc32)cc1)c1cccc(-c2ccc3ccccc3c2)c1. The number of hydrogen-bond donors (Lipinski definition) is 0. The summed E-state index contributed by atoms with van der Waals surface area (Å²) in [7, 11) is 0. The second-order valence-electron chi connectivity index (χ2n) is 18.0. The first-order valence-corrected chi connectivity index (χ1v) is 23.8. The van der Waals surface area contributed by atoms with E-state index in [-0.39, 0.29) is 0 Å². The molecule has 0 spiro atoms. The van der Waals surface area contributed by atoms with Crippen LogP contribution in [0.15, 0.2) is 278 Å². The summed E-state index contributed by atoms with van der Waals surface area (Å²) in [6, 6.07) is 80.1. The minimum Gasteiger partial charge on any atom is -0.310 e. The molecular formula is C66H50N2. The zero-order valence-electron chi connectivity index (χ0n) is 38.0. The lowest BCUT2D eigenvalue weighted by Gasteiger charge is -2.38. The van der Waals surface area contributed by atoms with Crippen molar-refractivity contribution in [2.75, 3.05) is 4.90 Å². The number of aromatic nitrogens is 1. The van der Waals surface area contributed by atoms with Crippen molar-refractivity contribution in [2.24, 2.45) is 0 Å². The monoisotopic (exact) mass is 870 g/mol. The molecule has 12 rings (SSSR count). The Balaban J connectivity index is 1.04. The van der Waals surface area contributed by atoms with Crippen molar-refractivity contribution in [3.05, 3.63) is 295 Å². The average molecular weight is 871 g/mol. The fourth-order valence-corrected chi connectivity index (χ4v) is 11.2. The number of rotatable bonds is 10. The summed E-state index contributed by atoms with van der Waals surface area (Å²) in [4.78, 5) is 2.43. The molecule has 324 valence electrons. The van der Waals surface area contributed by atoms with E-state index in [0.29, 0.717) is 0 Å². The molecule has 10 aromatic rings. The van der Waals surface area contributed by atoms with Gasteiger partial charge in [-0.15, -0.1) is 0 Å². The van der Waals surface area contributed by atoms with Crippen molar-refractivity contribution >= 4 is 44.0 Å². The third-order valence-corrected chi connectivity index (χ3v) is 14.2. The topological polar surface area (TPSA) is 8.17 Å². The van der Waals surface area contributed by atoms with E-state index in [1.807, 2.05) is 6.08 Å². The normalized spacial score (nSPS) is 16.3. The van der Waals surface area contributed by atoms with Crippen LogP contribution in [0.5, 0.6) is 0 Å². The van der Waals surface area contributed by atoms with Gasteiger partial charge in [-0.2, -0.15) is 0 Å². The molecule has 2 aliphatic rings. The largest absolute Gasteiger partial charge is 0.310 e. The summed E-state index contributed by atoms with van der Waals surface area (Å²) in [5, 5.41) is 4.97. The lowest BCUT2D eigenvalue weighted by atomic mass is 9.65. The van der Waals surface area contributed by atoms with Gasteiger partial charge in [0.05, 0.1) is 22.1 Å². The number of anilines is 2. The summed E-state index contributed by atoms with van der Waals surface area (Å²) in [6.45, 7) is 4.34. The van der Waals surface area contributed by atoms with Gasteiger partial charge in [-0.3, -0.25) is 0 Å². The Labute approximate surface area is 399 Å². The maximum atomic E-state index is 4.34. The number of benzene rings is 9. The third kappa shape index (κ3) is 6.96. The van der Waals surface area contributed by atoms with E-state index in [1.54, 1.807) is 0 Å². The van der Waals surface area contributed by atoms with Crippen molar-refractivity contribution in [3.8, 4) is 27.9 Å². The molecule has 0 aliphatic heterocycles. The fraction of sp³-hybridized carbons (Fsp3) is 0.0606. The highest BCUT2D eigenvalue weighted by atomic mass is 15.1. The van der Waals surface area contributed by atoms with Crippen molar-refractivity contribution in [1.82, 2.24) is 4.57 Å². The minimum absolute atomic E-state index is 0.429. The number of hydrogen-bond acceptors (Lipinski definition) is 1. The highest BCUT2D eigenvalue weighted by molar-refractivity contribution is 6.09. The zero-order chi connectivity index (χ0) is 45.4. The molecule has 9 aromatic carbocycles. The quantitative estimate of drug-likeness (QED) is 0.124. The highest BCUT2D eigenvalue weighted by Gasteiger charge is 2.47. The smallest absolute Gasteiger partial charge is 0.0634 e. The van der Waals surface area contributed by atoms with E-state index in [1.165, 1.54) is 71.5 Å². The lowest BCUT2D eigenvalue weighted by Crippen LogP contribution is -2.31. The summed E-state index contributed by atoms with van der Waals surface area (Å²) in [6.07, 6.45) is 16.4. The Morgan fingerprint density at radius 3 is 2.01 bits per heavy atom. The van der Waals surface area contributed by atoms with Gasteiger partial charge in [0.15, 0.2) is 0 Å². The molecule has 0 fully saturated rings.